The summed E-state index contributed by atoms with van der Waals surface area (Å²) < 4.78 is 12.5. The molecule has 0 heterocycles. The van der Waals surface area contributed by atoms with Crippen LogP contribution in [0.15, 0.2) is 58.8 Å². The summed E-state index contributed by atoms with van der Waals surface area (Å²) in [6.07, 6.45) is 7.73. The highest BCUT2D eigenvalue weighted by Crippen LogP contribution is 2.26. The minimum atomic E-state index is -0.208. The molecule has 0 aliphatic heterocycles. The predicted octanol–water partition coefficient (Wildman–Crippen LogP) is 7.99. The Labute approximate surface area is 199 Å². The Morgan fingerprint density at radius 1 is 1.23 bits per heavy atom. The molecular weight excluding hydrogens is 434 g/mol. The van der Waals surface area contributed by atoms with Crippen molar-refractivity contribution in [3.05, 3.63) is 64.6 Å². The number of hydrogen-bond donors (Lipinski definition) is 1. The van der Waals surface area contributed by atoms with Gasteiger partial charge in [0.2, 0.25) is 0 Å². The number of carbonyl (C=O) groups excluding carboxylic acids is 1. The van der Waals surface area contributed by atoms with Gasteiger partial charge in [-0.2, -0.15) is 0 Å². The molecule has 0 amide bonds. The minimum Gasteiger partial charge on any atom is -0.386 e. The van der Waals surface area contributed by atoms with Gasteiger partial charge >= 0.3 is 0 Å². The van der Waals surface area contributed by atoms with Crippen LogP contribution in [0, 0.1) is 11.7 Å². The van der Waals surface area contributed by atoms with Crippen molar-refractivity contribution in [2.24, 2.45) is 5.92 Å². The van der Waals surface area contributed by atoms with Gasteiger partial charge in [-0.25, -0.2) is 4.39 Å². The van der Waals surface area contributed by atoms with E-state index in [1.54, 1.807) is 31.3 Å². The second-order valence-electron chi connectivity index (χ2n) is 7.03. The fraction of sp³-hybridized carbons (Fsp3) is 0.480. The summed E-state index contributed by atoms with van der Waals surface area (Å²) >= 11 is 12.6. The van der Waals surface area contributed by atoms with E-state index in [9.17, 15) is 4.39 Å². The Bertz CT molecular complexity index is 688. The topological polar surface area (TPSA) is 32.3 Å². The first-order valence-electron chi connectivity index (χ1n) is 10.6. The zero-order valence-corrected chi connectivity index (χ0v) is 21.4. The highest BCUT2D eigenvalue weighted by Gasteiger charge is 2.15. The van der Waals surface area contributed by atoms with Crippen molar-refractivity contribution in [2.75, 3.05) is 25.5 Å². The summed E-state index contributed by atoms with van der Waals surface area (Å²) in [6.45, 7) is 15.7. The van der Waals surface area contributed by atoms with Crippen LogP contribution in [0.3, 0.4) is 0 Å². The highest BCUT2D eigenvalue weighted by molar-refractivity contribution is 6.36. The summed E-state index contributed by atoms with van der Waals surface area (Å²) in [5.41, 5.74) is 1.45. The average Bonchev–Trinajstić information content (AvgIpc) is 2.74. The Morgan fingerprint density at radius 2 is 1.81 bits per heavy atom. The van der Waals surface area contributed by atoms with Gasteiger partial charge < -0.3 is 15.0 Å². The fourth-order valence-corrected chi connectivity index (χ4v) is 3.10. The van der Waals surface area contributed by atoms with E-state index in [2.05, 4.69) is 37.6 Å². The van der Waals surface area contributed by atoms with Crippen LogP contribution in [-0.2, 0) is 4.79 Å². The molecule has 0 aromatic heterocycles. The van der Waals surface area contributed by atoms with E-state index in [1.807, 2.05) is 13.0 Å². The second-order valence-corrected chi connectivity index (χ2v) is 7.84. The van der Waals surface area contributed by atoms with Crippen LogP contribution in [0.1, 0.15) is 53.9 Å². The number of benzene rings is 1. The molecule has 176 valence electrons. The first-order valence-corrected chi connectivity index (χ1v) is 11.4. The molecule has 0 saturated carbocycles. The molecule has 31 heavy (non-hydrogen) atoms. The molecule has 0 atom stereocenters. The number of rotatable bonds is 10. The summed E-state index contributed by atoms with van der Waals surface area (Å²) in [4.78, 5) is 11.1. The molecule has 6 heteroatoms. The third-order valence-corrected chi connectivity index (χ3v) is 4.78. The van der Waals surface area contributed by atoms with Crippen molar-refractivity contribution < 1.29 is 9.18 Å². The van der Waals surface area contributed by atoms with Gasteiger partial charge in [0.05, 0.1) is 21.4 Å². The van der Waals surface area contributed by atoms with Gasteiger partial charge in [0.15, 0.2) is 0 Å². The van der Waals surface area contributed by atoms with Crippen molar-refractivity contribution in [3.8, 4) is 0 Å². The van der Waals surface area contributed by atoms with E-state index in [0.717, 1.165) is 43.8 Å². The van der Waals surface area contributed by atoms with E-state index < -0.39 is 0 Å². The molecule has 0 aliphatic carbocycles. The molecule has 0 unspecified atom stereocenters. The van der Waals surface area contributed by atoms with Crippen molar-refractivity contribution in [1.29, 1.82) is 0 Å². The number of nitrogens with one attached hydrogen (secondary N) is 1. The normalized spacial score (nSPS) is 11.4. The lowest BCUT2D eigenvalue weighted by Crippen LogP contribution is -2.26. The smallest absolute Gasteiger partial charge is 0.146 e. The molecule has 0 saturated heterocycles. The maximum absolute atomic E-state index is 12.5. The molecule has 0 fully saturated rings. The maximum Gasteiger partial charge on any atom is 0.146 e. The summed E-state index contributed by atoms with van der Waals surface area (Å²) in [5, 5.41) is 4.04. The van der Waals surface area contributed by atoms with Crippen molar-refractivity contribution >= 4 is 35.2 Å². The summed E-state index contributed by atoms with van der Waals surface area (Å²) in [5.74, 6) is 0.517. The molecule has 3 nitrogen and oxygen atoms in total. The fourth-order valence-electron chi connectivity index (χ4n) is 2.61. The van der Waals surface area contributed by atoms with Gasteiger partial charge in [0.25, 0.3) is 0 Å². The quantitative estimate of drug-likeness (QED) is 0.276. The predicted molar refractivity (Wildman–Crippen MR) is 136 cm³/mol. The maximum atomic E-state index is 12.5. The number of allylic oxidation sites excluding steroid dienone is 4. The van der Waals surface area contributed by atoms with Crippen LogP contribution in [-0.4, -0.2) is 31.3 Å². The minimum absolute atomic E-state index is 0.208. The van der Waals surface area contributed by atoms with Gasteiger partial charge in [0, 0.05) is 20.1 Å². The SMILES string of the molecule is C=C/C(Cl)=C(\C(Cl)=C/C)N(CCC)CCCC(C)C.CC=O.CNc1ccccc1F. The Hall–Kier alpha value is -1.78. The number of nitrogens with zero attached hydrogens (tertiary/aromatic N) is 1. The third-order valence-electron chi connectivity index (χ3n) is 4.05. The second kappa shape index (κ2) is 20.1. The van der Waals surface area contributed by atoms with E-state index in [1.165, 1.54) is 19.4 Å². The van der Waals surface area contributed by atoms with Gasteiger partial charge in [-0.3, -0.25) is 0 Å². The number of aldehydes is 1. The van der Waals surface area contributed by atoms with E-state index in [4.69, 9.17) is 28.0 Å². The van der Waals surface area contributed by atoms with Crippen molar-refractivity contribution in [2.45, 2.75) is 53.9 Å². The van der Waals surface area contributed by atoms with Crippen LogP contribution in [0.4, 0.5) is 10.1 Å². The van der Waals surface area contributed by atoms with E-state index in [0.29, 0.717) is 15.8 Å². The molecule has 1 N–H and O–H groups in total. The number of carbonyl (C=O) groups is 1. The van der Waals surface area contributed by atoms with Crippen molar-refractivity contribution in [1.82, 2.24) is 4.90 Å². The first-order chi connectivity index (χ1) is 14.7. The monoisotopic (exact) mass is 472 g/mol. The number of anilines is 1. The van der Waals surface area contributed by atoms with E-state index >= 15 is 0 Å². The van der Waals surface area contributed by atoms with Crippen LogP contribution in [0.25, 0.3) is 0 Å². The van der Waals surface area contributed by atoms with Crippen LogP contribution >= 0.6 is 23.2 Å². The molecule has 0 radical (unpaired) electrons. The molecule has 0 aliphatic rings. The Kier molecular flexibility index (Phi) is 20.4. The highest BCUT2D eigenvalue weighted by atomic mass is 35.5. The molecule has 1 rings (SSSR count). The molecule has 1 aromatic rings. The van der Waals surface area contributed by atoms with Crippen molar-refractivity contribution in [3.63, 3.8) is 0 Å². The number of halogens is 3. The summed E-state index contributed by atoms with van der Waals surface area (Å²) in [6, 6.07) is 6.56. The van der Waals surface area contributed by atoms with Crippen LogP contribution in [0.2, 0.25) is 0 Å². The molecule has 1 aromatic carbocycles. The standard InChI is InChI=1S/C16H27Cl2N.C7H8FN.C2H4O/c1-6-11-19(12-9-10-13(4)5)16(14(17)7-2)15(18)8-3;1-9-7-5-3-2-4-6(7)8;1-2-3/h7-8,13H,2,6,9-12H2,1,3-5H3;2-5,9H,1H3;2H,1H3/b15-8+,16-14-;;. The Morgan fingerprint density at radius 3 is 2.19 bits per heavy atom. The lowest BCUT2D eigenvalue weighted by atomic mass is 10.1. The summed E-state index contributed by atoms with van der Waals surface area (Å²) in [7, 11) is 1.69. The van der Waals surface area contributed by atoms with Gasteiger partial charge in [-0.05, 0) is 57.2 Å². The average molecular weight is 474 g/mol. The van der Waals surface area contributed by atoms with Gasteiger partial charge in [0.1, 0.15) is 12.1 Å². The zero-order valence-electron chi connectivity index (χ0n) is 19.9. The molecule has 0 spiro atoms. The van der Waals surface area contributed by atoms with E-state index in [-0.39, 0.29) is 5.82 Å². The Balaban J connectivity index is 0. The van der Waals surface area contributed by atoms with Crippen LogP contribution in [0.5, 0.6) is 0 Å². The number of hydrogen-bond acceptors (Lipinski definition) is 3. The number of para-hydroxylation sites is 1. The van der Waals surface area contributed by atoms with Gasteiger partial charge in [-0.1, -0.05) is 68.8 Å². The zero-order chi connectivity index (χ0) is 24.2. The first kappa shape index (κ1) is 31.4. The van der Waals surface area contributed by atoms with Gasteiger partial charge in [-0.15, -0.1) is 0 Å². The lowest BCUT2D eigenvalue weighted by molar-refractivity contribution is -0.106. The third kappa shape index (κ3) is 14.8. The van der Waals surface area contributed by atoms with Crippen LogP contribution < -0.4 is 5.32 Å². The largest absolute Gasteiger partial charge is 0.386 e. The molecular formula is C25H39Cl2FN2O. The molecule has 0 bridgehead atoms. The lowest BCUT2D eigenvalue weighted by Gasteiger charge is -2.28.